The molecule has 1 heterocycles. The number of H-pyrrole nitrogens is 1. The Kier molecular flexibility index (Phi) is 4.15. The van der Waals surface area contributed by atoms with Gasteiger partial charge in [-0.3, -0.25) is 0 Å². The molecule has 0 amide bonds. The molecule has 3 heteroatoms. The lowest BCUT2D eigenvalue weighted by molar-refractivity contribution is 0.561. The summed E-state index contributed by atoms with van der Waals surface area (Å²) in [7, 11) is 0. The second-order valence-corrected chi connectivity index (χ2v) is 6.23. The molecule has 100 valence electrons. The Morgan fingerprint density at radius 3 is 2.42 bits per heavy atom. The van der Waals surface area contributed by atoms with Crippen LogP contribution in [0, 0.1) is 4.64 Å². The standard InChI is InChI=1S/C16H20N2S/c1-16(2,3)13-11-15(19)18-14(17-13)10-9-12-7-5-4-6-8-12/h4-8,11H,9-10H2,1-3H3,(H,17,18,19). The van der Waals surface area contributed by atoms with Crippen LogP contribution in [-0.2, 0) is 18.3 Å². The zero-order chi connectivity index (χ0) is 13.9. The number of rotatable bonds is 3. The molecular formula is C16H20N2S. The van der Waals surface area contributed by atoms with Crippen molar-refractivity contribution in [3.63, 3.8) is 0 Å². The van der Waals surface area contributed by atoms with Gasteiger partial charge in [0.05, 0.1) is 0 Å². The van der Waals surface area contributed by atoms with Gasteiger partial charge in [0.25, 0.3) is 0 Å². The van der Waals surface area contributed by atoms with E-state index in [2.05, 4.69) is 55.0 Å². The molecule has 0 unspecified atom stereocenters. The van der Waals surface area contributed by atoms with Crippen molar-refractivity contribution >= 4 is 12.2 Å². The maximum absolute atomic E-state index is 5.26. The Bertz CT molecular complexity index is 594. The van der Waals surface area contributed by atoms with Gasteiger partial charge in [-0.05, 0) is 18.1 Å². The predicted molar refractivity (Wildman–Crippen MR) is 82.0 cm³/mol. The van der Waals surface area contributed by atoms with Crippen LogP contribution in [0.2, 0.25) is 0 Å². The summed E-state index contributed by atoms with van der Waals surface area (Å²) in [5, 5.41) is 0. The fraction of sp³-hybridized carbons (Fsp3) is 0.375. The van der Waals surface area contributed by atoms with Crippen LogP contribution in [0.5, 0.6) is 0 Å². The molecule has 0 aliphatic carbocycles. The van der Waals surface area contributed by atoms with Gasteiger partial charge in [0, 0.05) is 17.5 Å². The molecule has 1 N–H and O–H groups in total. The van der Waals surface area contributed by atoms with Crippen LogP contribution in [0.4, 0.5) is 0 Å². The lowest BCUT2D eigenvalue weighted by Gasteiger charge is -2.19. The minimum absolute atomic E-state index is 0.0675. The lowest BCUT2D eigenvalue weighted by Crippen LogP contribution is -2.15. The average Bonchev–Trinajstić information content (AvgIpc) is 2.36. The van der Waals surface area contributed by atoms with E-state index in [1.807, 2.05) is 12.1 Å². The summed E-state index contributed by atoms with van der Waals surface area (Å²) in [4.78, 5) is 7.84. The monoisotopic (exact) mass is 272 g/mol. The summed E-state index contributed by atoms with van der Waals surface area (Å²) < 4.78 is 0.673. The minimum Gasteiger partial charge on any atom is -0.347 e. The first-order valence-electron chi connectivity index (χ1n) is 6.60. The number of hydrogen-bond acceptors (Lipinski definition) is 2. The van der Waals surface area contributed by atoms with E-state index in [4.69, 9.17) is 12.2 Å². The second kappa shape index (κ2) is 5.66. The van der Waals surface area contributed by atoms with Crippen LogP contribution >= 0.6 is 12.2 Å². The Balaban J connectivity index is 2.17. The SMILES string of the molecule is CC(C)(C)c1cc(=S)nc(CCc2ccccc2)[nH]1. The van der Waals surface area contributed by atoms with E-state index < -0.39 is 0 Å². The number of aromatic amines is 1. The van der Waals surface area contributed by atoms with Crippen LogP contribution in [0.15, 0.2) is 36.4 Å². The number of nitrogens with zero attached hydrogens (tertiary/aromatic N) is 1. The zero-order valence-electron chi connectivity index (χ0n) is 11.7. The zero-order valence-corrected chi connectivity index (χ0v) is 12.6. The smallest absolute Gasteiger partial charge is 0.130 e. The summed E-state index contributed by atoms with van der Waals surface area (Å²) >= 11 is 5.26. The van der Waals surface area contributed by atoms with Crippen molar-refractivity contribution in [1.29, 1.82) is 0 Å². The molecule has 19 heavy (non-hydrogen) atoms. The highest BCUT2D eigenvalue weighted by molar-refractivity contribution is 7.71. The van der Waals surface area contributed by atoms with Gasteiger partial charge < -0.3 is 4.98 Å². The van der Waals surface area contributed by atoms with Crippen molar-refractivity contribution in [3.8, 4) is 0 Å². The Morgan fingerprint density at radius 2 is 1.79 bits per heavy atom. The lowest BCUT2D eigenvalue weighted by atomic mass is 9.92. The quantitative estimate of drug-likeness (QED) is 0.847. The first-order chi connectivity index (χ1) is 8.95. The maximum Gasteiger partial charge on any atom is 0.130 e. The predicted octanol–water partition coefficient (Wildman–Crippen LogP) is 4.22. The van der Waals surface area contributed by atoms with Gasteiger partial charge in [0.2, 0.25) is 0 Å². The molecule has 0 aliphatic rings. The molecular weight excluding hydrogens is 252 g/mol. The number of aromatic nitrogens is 2. The van der Waals surface area contributed by atoms with Crippen LogP contribution in [-0.4, -0.2) is 9.97 Å². The highest BCUT2D eigenvalue weighted by Crippen LogP contribution is 2.20. The Morgan fingerprint density at radius 1 is 1.11 bits per heavy atom. The van der Waals surface area contributed by atoms with E-state index in [0.29, 0.717) is 4.64 Å². The summed E-state index contributed by atoms with van der Waals surface area (Å²) in [6, 6.07) is 12.4. The Hall–Kier alpha value is -1.48. The fourth-order valence-corrected chi connectivity index (χ4v) is 2.17. The third kappa shape index (κ3) is 4.00. The summed E-state index contributed by atoms with van der Waals surface area (Å²) in [6.07, 6.45) is 1.87. The largest absolute Gasteiger partial charge is 0.347 e. The molecule has 0 atom stereocenters. The van der Waals surface area contributed by atoms with Crippen LogP contribution in [0.25, 0.3) is 0 Å². The molecule has 2 rings (SSSR count). The van der Waals surface area contributed by atoms with Crippen molar-refractivity contribution < 1.29 is 0 Å². The summed E-state index contributed by atoms with van der Waals surface area (Å²) in [5.74, 6) is 0.973. The number of nitrogens with one attached hydrogen (secondary N) is 1. The van der Waals surface area contributed by atoms with E-state index in [9.17, 15) is 0 Å². The molecule has 0 fully saturated rings. The summed E-state index contributed by atoms with van der Waals surface area (Å²) in [5.41, 5.74) is 2.54. The van der Waals surface area contributed by atoms with Crippen molar-refractivity contribution in [1.82, 2.24) is 9.97 Å². The first-order valence-corrected chi connectivity index (χ1v) is 7.00. The minimum atomic E-state index is 0.0675. The van der Waals surface area contributed by atoms with Gasteiger partial charge in [0.15, 0.2) is 0 Å². The van der Waals surface area contributed by atoms with Crippen LogP contribution < -0.4 is 0 Å². The molecule has 2 aromatic rings. The number of benzene rings is 1. The summed E-state index contributed by atoms with van der Waals surface area (Å²) in [6.45, 7) is 6.53. The maximum atomic E-state index is 5.26. The highest BCUT2D eigenvalue weighted by atomic mass is 32.1. The van der Waals surface area contributed by atoms with E-state index in [1.54, 1.807) is 0 Å². The molecule has 0 saturated heterocycles. The molecule has 1 aromatic carbocycles. The second-order valence-electron chi connectivity index (χ2n) is 5.82. The number of hydrogen-bond donors (Lipinski definition) is 1. The van der Waals surface area contributed by atoms with E-state index in [-0.39, 0.29) is 5.41 Å². The van der Waals surface area contributed by atoms with Gasteiger partial charge in [-0.2, -0.15) is 0 Å². The number of aryl methyl sites for hydroxylation is 2. The average molecular weight is 272 g/mol. The van der Waals surface area contributed by atoms with Gasteiger partial charge in [-0.25, -0.2) is 4.98 Å². The molecule has 0 radical (unpaired) electrons. The van der Waals surface area contributed by atoms with Crippen molar-refractivity contribution in [2.45, 2.75) is 39.0 Å². The van der Waals surface area contributed by atoms with Gasteiger partial charge in [-0.15, -0.1) is 0 Å². The van der Waals surface area contributed by atoms with Crippen LogP contribution in [0.3, 0.4) is 0 Å². The van der Waals surface area contributed by atoms with Crippen molar-refractivity contribution in [2.24, 2.45) is 0 Å². The molecule has 0 aliphatic heterocycles. The van der Waals surface area contributed by atoms with Gasteiger partial charge in [-0.1, -0.05) is 63.3 Å². The molecule has 0 saturated carbocycles. The van der Waals surface area contributed by atoms with Crippen molar-refractivity contribution in [3.05, 3.63) is 58.1 Å². The molecule has 0 bridgehead atoms. The normalized spacial score (nSPS) is 11.5. The Labute approximate surface area is 119 Å². The van der Waals surface area contributed by atoms with Crippen molar-refractivity contribution in [2.75, 3.05) is 0 Å². The van der Waals surface area contributed by atoms with Crippen LogP contribution in [0.1, 0.15) is 37.9 Å². The van der Waals surface area contributed by atoms with Gasteiger partial charge >= 0.3 is 0 Å². The van der Waals surface area contributed by atoms with E-state index in [1.165, 1.54) is 5.56 Å². The van der Waals surface area contributed by atoms with Gasteiger partial charge in [0.1, 0.15) is 10.5 Å². The molecule has 2 nitrogen and oxygen atoms in total. The first kappa shape index (κ1) is 13.9. The highest BCUT2D eigenvalue weighted by Gasteiger charge is 2.15. The topological polar surface area (TPSA) is 28.7 Å². The third-order valence-corrected chi connectivity index (χ3v) is 3.30. The third-order valence-electron chi connectivity index (χ3n) is 3.09. The fourth-order valence-electron chi connectivity index (χ4n) is 1.94. The van der Waals surface area contributed by atoms with E-state index >= 15 is 0 Å². The van der Waals surface area contributed by atoms with E-state index in [0.717, 1.165) is 24.4 Å². The molecule has 0 spiro atoms. The molecule has 1 aromatic heterocycles.